The number of fused-ring (bicyclic) bond motifs is 1. The van der Waals surface area contributed by atoms with Crippen LogP contribution in [0.3, 0.4) is 0 Å². The molecule has 3 aromatic rings. The molecular weight excluding hydrogens is 572 g/mol. The second kappa shape index (κ2) is 12.7. The van der Waals surface area contributed by atoms with Crippen molar-refractivity contribution in [3.8, 4) is 17.2 Å². The molecular formula is C36H40N2O5S. The Balaban J connectivity index is 1.08. The topological polar surface area (TPSA) is 77.1 Å². The highest BCUT2D eigenvalue weighted by Gasteiger charge is 2.39. The molecule has 3 aliphatic heterocycles. The number of hydrogen-bond acceptors (Lipinski definition) is 7. The number of rotatable bonds is 9. The largest absolute Gasteiger partial charge is 0.492 e. The molecule has 3 aromatic carbocycles. The third-order valence-electron chi connectivity index (χ3n) is 9.09. The van der Waals surface area contributed by atoms with E-state index in [-0.39, 0.29) is 16.7 Å². The quantitative estimate of drug-likeness (QED) is 0.257. The monoisotopic (exact) mass is 612 g/mol. The first kappa shape index (κ1) is 30.3. The van der Waals surface area contributed by atoms with Crippen LogP contribution >= 0.6 is 11.8 Å². The van der Waals surface area contributed by atoms with Gasteiger partial charge in [-0.1, -0.05) is 42.5 Å². The van der Waals surface area contributed by atoms with Gasteiger partial charge < -0.3 is 14.2 Å². The fourth-order valence-corrected chi connectivity index (χ4v) is 7.17. The number of nitrogens with zero attached hydrogens (tertiary/aromatic N) is 1. The molecule has 0 bridgehead atoms. The van der Waals surface area contributed by atoms with Crippen molar-refractivity contribution in [2.24, 2.45) is 0 Å². The summed E-state index contributed by atoms with van der Waals surface area (Å²) in [7, 11) is 0. The summed E-state index contributed by atoms with van der Waals surface area (Å²) in [6, 6.07) is 18.3. The molecule has 2 amide bonds. The molecule has 1 N–H and O–H groups in total. The molecule has 0 aliphatic carbocycles. The third-order valence-corrected chi connectivity index (χ3v) is 9.90. The lowest BCUT2D eigenvalue weighted by atomic mass is 9.86. The maximum atomic E-state index is 11.8. The van der Waals surface area contributed by atoms with Crippen molar-refractivity contribution in [3.05, 3.63) is 92.9 Å². The predicted octanol–water partition coefficient (Wildman–Crippen LogP) is 7.14. The molecule has 0 saturated carbocycles. The van der Waals surface area contributed by atoms with Gasteiger partial charge in [-0.2, -0.15) is 0 Å². The van der Waals surface area contributed by atoms with Crippen molar-refractivity contribution in [1.29, 1.82) is 0 Å². The van der Waals surface area contributed by atoms with Gasteiger partial charge in [-0.15, -0.1) is 0 Å². The fourth-order valence-electron chi connectivity index (χ4n) is 6.49. The number of hydrogen-bond donors (Lipinski definition) is 1. The number of benzene rings is 3. The van der Waals surface area contributed by atoms with Gasteiger partial charge in [0.15, 0.2) is 0 Å². The van der Waals surface area contributed by atoms with E-state index in [1.54, 1.807) is 6.08 Å². The molecule has 2 saturated heterocycles. The Morgan fingerprint density at radius 3 is 2.52 bits per heavy atom. The van der Waals surface area contributed by atoms with Gasteiger partial charge in [0.2, 0.25) is 0 Å². The maximum absolute atomic E-state index is 11.8. The van der Waals surface area contributed by atoms with E-state index in [2.05, 4.69) is 50.0 Å². The van der Waals surface area contributed by atoms with E-state index < -0.39 is 0 Å². The van der Waals surface area contributed by atoms with Crippen molar-refractivity contribution >= 4 is 29.0 Å². The molecule has 3 aliphatic rings. The van der Waals surface area contributed by atoms with Crippen LogP contribution in [0.4, 0.5) is 4.79 Å². The molecule has 0 spiro atoms. The number of ether oxygens (including phenoxy) is 3. The van der Waals surface area contributed by atoms with Gasteiger partial charge in [-0.3, -0.25) is 19.8 Å². The number of carbonyl (C=O) groups is 2. The number of thioether (sulfide) groups is 1. The van der Waals surface area contributed by atoms with Crippen LogP contribution in [-0.2, 0) is 17.8 Å². The second-order valence-corrected chi connectivity index (χ2v) is 13.4. The zero-order valence-electron chi connectivity index (χ0n) is 25.9. The minimum absolute atomic E-state index is 0.285. The molecule has 0 aromatic heterocycles. The number of nitrogens with one attached hydrogen (secondary N) is 1. The van der Waals surface area contributed by atoms with Crippen LogP contribution in [0.1, 0.15) is 59.6 Å². The summed E-state index contributed by atoms with van der Waals surface area (Å²) in [6.45, 7) is 11.8. The van der Waals surface area contributed by atoms with E-state index in [0.717, 1.165) is 84.5 Å². The predicted molar refractivity (Wildman–Crippen MR) is 174 cm³/mol. The zero-order valence-corrected chi connectivity index (χ0v) is 26.7. The van der Waals surface area contributed by atoms with Gasteiger partial charge in [0.1, 0.15) is 36.1 Å². The van der Waals surface area contributed by atoms with Crippen molar-refractivity contribution in [3.63, 3.8) is 0 Å². The van der Waals surface area contributed by atoms with E-state index in [1.807, 2.05) is 42.5 Å². The Morgan fingerprint density at radius 1 is 1.02 bits per heavy atom. The maximum Gasteiger partial charge on any atom is 0.290 e. The average molecular weight is 613 g/mol. The van der Waals surface area contributed by atoms with Crippen LogP contribution in [0.2, 0.25) is 0 Å². The first-order chi connectivity index (χ1) is 21.2. The Bertz CT molecular complexity index is 1590. The number of likely N-dealkylation sites (tertiary alicyclic amines) is 1. The van der Waals surface area contributed by atoms with E-state index in [9.17, 15) is 9.59 Å². The molecule has 1 unspecified atom stereocenters. The minimum atomic E-state index is -0.348. The Kier molecular flexibility index (Phi) is 8.74. The minimum Gasteiger partial charge on any atom is -0.492 e. The summed E-state index contributed by atoms with van der Waals surface area (Å²) < 4.78 is 19.5. The highest BCUT2D eigenvalue weighted by atomic mass is 32.2. The zero-order chi connectivity index (χ0) is 30.8. The molecule has 0 radical (unpaired) electrons. The van der Waals surface area contributed by atoms with Gasteiger partial charge in [0.25, 0.3) is 11.1 Å². The van der Waals surface area contributed by atoms with E-state index in [4.69, 9.17) is 14.2 Å². The van der Waals surface area contributed by atoms with Crippen LogP contribution < -0.4 is 19.5 Å². The first-order valence-electron chi connectivity index (χ1n) is 15.4. The van der Waals surface area contributed by atoms with Crippen LogP contribution in [-0.4, -0.2) is 47.4 Å². The highest BCUT2D eigenvalue weighted by Crippen LogP contribution is 2.44. The van der Waals surface area contributed by atoms with Gasteiger partial charge in [-0.25, -0.2) is 0 Å². The van der Waals surface area contributed by atoms with Crippen LogP contribution in [0, 0.1) is 20.8 Å². The van der Waals surface area contributed by atoms with Crippen molar-refractivity contribution in [2.45, 2.75) is 71.6 Å². The van der Waals surface area contributed by atoms with Gasteiger partial charge in [-0.05, 0) is 118 Å². The second-order valence-electron chi connectivity index (χ2n) is 12.3. The number of imide groups is 1. The van der Waals surface area contributed by atoms with Crippen molar-refractivity contribution in [2.75, 3.05) is 19.7 Å². The summed E-state index contributed by atoms with van der Waals surface area (Å²) in [6.07, 6.45) is 5.87. The molecule has 44 heavy (non-hydrogen) atoms. The van der Waals surface area contributed by atoms with Crippen LogP contribution in [0.15, 0.2) is 59.5 Å². The summed E-state index contributed by atoms with van der Waals surface area (Å²) in [5.41, 5.74) is 6.51. The molecule has 8 heteroatoms. The number of amides is 2. The lowest BCUT2D eigenvalue weighted by Crippen LogP contribution is -2.50. The lowest BCUT2D eigenvalue weighted by molar-refractivity contribution is -0.115. The molecule has 6 rings (SSSR count). The highest BCUT2D eigenvalue weighted by molar-refractivity contribution is 8.18. The van der Waals surface area contributed by atoms with E-state index in [1.165, 1.54) is 16.7 Å². The standard InChI is InChI=1S/C36H40N2O5S/c1-23-24(2)33-30(25(3)32(23)42-20-27-9-6-5-7-10-27)16-17-36(4,43-33)22-38-18-8-11-28(38)21-41-29-14-12-26(13-15-29)19-31-34(39)37-35(40)44-31/h5-7,9-10,12-15,19,28H,8,11,16-18,20-22H2,1-4H3,(H,37,39,40)/t28-,36?/m1/s1. The van der Waals surface area contributed by atoms with Gasteiger partial charge in [0, 0.05) is 18.2 Å². The Hall–Kier alpha value is -3.75. The summed E-state index contributed by atoms with van der Waals surface area (Å²) in [5, 5.41) is 1.95. The SMILES string of the molecule is Cc1c(C)c2c(c(C)c1OCc1ccccc1)CCC(C)(CN1CCC[C@@H]1COc1ccc(C=C3SC(=O)NC3=O)cc1)O2. The fraction of sp³-hybridized carbons (Fsp3) is 0.389. The molecule has 3 heterocycles. The van der Waals surface area contributed by atoms with Gasteiger partial charge >= 0.3 is 0 Å². The smallest absolute Gasteiger partial charge is 0.290 e. The van der Waals surface area contributed by atoms with Crippen LogP contribution in [0.25, 0.3) is 6.08 Å². The average Bonchev–Trinajstić information content (AvgIpc) is 3.59. The molecule has 230 valence electrons. The molecule has 2 fully saturated rings. The molecule has 2 atom stereocenters. The summed E-state index contributed by atoms with van der Waals surface area (Å²) in [4.78, 5) is 26.2. The van der Waals surface area contributed by atoms with E-state index in [0.29, 0.717) is 24.2 Å². The Morgan fingerprint density at radius 2 is 1.80 bits per heavy atom. The number of carbonyl (C=O) groups excluding carboxylic acids is 2. The third kappa shape index (κ3) is 6.52. The first-order valence-corrected chi connectivity index (χ1v) is 16.2. The van der Waals surface area contributed by atoms with Crippen LogP contribution in [0.5, 0.6) is 17.2 Å². The Labute approximate surface area is 264 Å². The summed E-state index contributed by atoms with van der Waals surface area (Å²) in [5.74, 6) is 2.45. The normalized spacial score (nSPS) is 22.5. The molecule has 7 nitrogen and oxygen atoms in total. The van der Waals surface area contributed by atoms with Crippen molar-refractivity contribution < 1.29 is 23.8 Å². The summed E-state index contributed by atoms with van der Waals surface area (Å²) >= 11 is 0.923. The van der Waals surface area contributed by atoms with E-state index >= 15 is 0 Å². The van der Waals surface area contributed by atoms with Crippen molar-refractivity contribution in [1.82, 2.24) is 10.2 Å². The van der Waals surface area contributed by atoms with Gasteiger partial charge in [0.05, 0.1) is 4.91 Å². The lowest BCUT2D eigenvalue weighted by Gasteiger charge is -2.41.